The minimum atomic E-state index is -1.97. The summed E-state index contributed by atoms with van der Waals surface area (Å²) in [5, 5.41) is 119. The van der Waals surface area contributed by atoms with E-state index < -0.39 is 124 Å². The summed E-state index contributed by atoms with van der Waals surface area (Å²) in [7, 11) is 0. The first-order valence-electron chi connectivity index (χ1n) is 29.4. The van der Waals surface area contributed by atoms with Crippen LogP contribution in [0.5, 0.6) is 0 Å². The summed E-state index contributed by atoms with van der Waals surface area (Å²) in [5.41, 5.74) is 0. The first-order chi connectivity index (χ1) is 36.3. The molecule has 19 nitrogen and oxygen atoms in total. The molecule has 1 amide bonds. The Morgan fingerprint density at radius 3 is 1.25 bits per heavy atom. The van der Waals surface area contributed by atoms with Crippen molar-refractivity contribution in [3.05, 3.63) is 12.2 Å². The Balaban J connectivity index is 1.40. The van der Waals surface area contributed by atoms with Crippen LogP contribution in [-0.2, 0) is 33.2 Å². The molecule has 0 bridgehead atoms. The van der Waals surface area contributed by atoms with E-state index in [0.29, 0.717) is 6.42 Å². The van der Waals surface area contributed by atoms with E-state index in [1.807, 2.05) is 6.08 Å². The first kappa shape index (κ1) is 67.8. The monoisotopic (exact) mass is 1080 g/mol. The summed E-state index contributed by atoms with van der Waals surface area (Å²) >= 11 is 0. The van der Waals surface area contributed by atoms with Crippen molar-refractivity contribution < 1.29 is 89.4 Å². The fraction of sp³-hybridized carbons (Fsp3) is 0.946. The van der Waals surface area contributed by atoms with Crippen LogP contribution < -0.4 is 5.32 Å². The lowest BCUT2D eigenvalue weighted by Gasteiger charge is -2.48. The van der Waals surface area contributed by atoms with Crippen molar-refractivity contribution in [1.29, 1.82) is 0 Å². The van der Waals surface area contributed by atoms with Crippen LogP contribution in [0.4, 0.5) is 0 Å². The molecule has 3 rings (SSSR count). The molecule has 442 valence electrons. The van der Waals surface area contributed by atoms with Crippen molar-refractivity contribution >= 4 is 5.91 Å². The fourth-order valence-corrected chi connectivity index (χ4v) is 10.2. The highest BCUT2D eigenvalue weighted by Gasteiger charge is 2.53. The normalized spacial score (nSPS) is 31.2. The predicted molar refractivity (Wildman–Crippen MR) is 282 cm³/mol. The number of aliphatic hydroxyl groups excluding tert-OH is 11. The second-order valence-electron chi connectivity index (χ2n) is 21.5. The molecule has 0 spiro atoms. The minimum Gasteiger partial charge on any atom is -0.394 e. The number of hydrogen-bond donors (Lipinski definition) is 12. The Hall–Kier alpha value is -1.47. The SMILES string of the molecule is CCCCCCCCCCCCCCCCCCCCCCCCC/C=C/C(O)C(COC1OC(CO)C(OC2OC(CO)C(OC3OC(CO)C(O)C(O)C3O)C(O)C2O)C(O)C1O)NC(=O)CCCCCCC. The zero-order valence-corrected chi connectivity index (χ0v) is 45.8. The van der Waals surface area contributed by atoms with E-state index in [9.17, 15) is 61.0 Å². The third-order valence-corrected chi connectivity index (χ3v) is 15.1. The van der Waals surface area contributed by atoms with Gasteiger partial charge < -0.3 is 89.9 Å². The Labute approximate surface area is 448 Å². The molecule has 75 heavy (non-hydrogen) atoms. The van der Waals surface area contributed by atoms with Gasteiger partial charge in [-0.25, -0.2) is 0 Å². The third-order valence-electron chi connectivity index (χ3n) is 15.1. The van der Waals surface area contributed by atoms with Gasteiger partial charge in [0.1, 0.15) is 73.2 Å². The maximum absolute atomic E-state index is 13.1. The van der Waals surface area contributed by atoms with Gasteiger partial charge in [0, 0.05) is 6.42 Å². The molecule has 17 atom stereocenters. The van der Waals surface area contributed by atoms with Gasteiger partial charge in [-0.1, -0.05) is 193 Å². The molecule has 3 fully saturated rings. The number of ether oxygens (including phenoxy) is 6. The molecule has 3 saturated heterocycles. The molecule has 0 aromatic carbocycles. The zero-order chi connectivity index (χ0) is 54.8. The van der Waals surface area contributed by atoms with Crippen molar-refractivity contribution in [3.63, 3.8) is 0 Å². The topological polar surface area (TPSA) is 307 Å². The smallest absolute Gasteiger partial charge is 0.220 e. The molecule has 0 aromatic rings. The maximum Gasteiger partial charge on any atom is 0.220 e. The number of hydrogen-bond acceptors (Lipinski definition) is 18. The number of unbranched alkanes of at least 4 members (excludes halogenated alkanes) is 27. The van der Waals surface area contributed by atoms with E-state index in [4.69, 9.17) is 28.4 Å². The second kappa shape index (κ2) is 40.7. The van der Waals surface area contributed by atoms with E-state index in [-0.39, 0.29) is 18.9 Å². The molecule has 0 radical (unpaired) electrons. The largest absolute Gasteiger partial charge is 0.394 e. The van der Waals surface area contributed by atoms with Gasteiger partial charge in [0.15, 0.2) is 18.9 Å². The molecule has 0 aliphatic carbocycles. The van der Waals surface area contributed by atoms with Gasteiger partial charge in [-0.3, -0.25) is 4.79 Å². The van der Waals surface area contributed by atoms with Gasteiger partial charge in [0.2, 0.25) is 5.91 Å². The van der Waals surface area contributed by atoms with Gasteiger partial charge in [-0.2, -0.15) is 0 Å². The molecule has 3 aliphatic rings. The van der Waals surface area contributed by atoms with Gasteiger partial charge in [0.05, 0.1) is 38.6 Å². The van der Waals surface area contributed by atoms with Gasteiger partial charge in [-0.05, 0) is 19.3 Å². The first-order valence-corrected chi connectivity index (χ1v) is 29.4. The molecule has 17 unspecified atom stereocenters. The zero-order valence-electron chi connectivity index (χ0n) is 45.8. The summed E-state index contributed by atoms with van der Waals surface area (Å²) in [6.07, 6.45) is 12.8. The number of allylic oxidation sites excluding steroid dienone is 1. The van der Waals surface area contributed by atoms with Crippen LogP contribution >= 0.6 is 0 Å². The number of rotatable bonds is 43. The highest BCUT2D eigenvalue weighted by atomic mass is 16.8. The van der Waals surface area contributed by atoms with Gasteiger partial charge >= 0.3 is 0 Å². The number of carbonyl (C=O) groups excluding carboxylic acids is 1. The molecular formula is C56H105NO18. The molecule has 0 saturated carbocycles. The van der Waals surface area contributed by atoms with E-state index >= 15 is 0 Å². The number of carbonyl (C=O) groups is 1. The lowest BCUT2D eigenvalue weighted by molar-refractivity contribution is -0.379. The molecule has 3 heterocycles. The summed E-state index contributed by atoms with van der Waals surface area (Å²) in [4.78, 5) is 13.1. The second-order valence-corrected chi connectivity index (χ2v) is 21.5. The van der Waals surface area contributed by atoms with Crippen LogP contribution in [-0.4, -0.2) is 193 Å². The van der Waals surface area contributed by atoms with Crippen LogP contribution in [0.1, 0.15) is 206 Å². The molecule has 3 aliphatic heterocycles. The van der Waals surface area contributed by atoms with Crippen LogP contribution in [0, 0.1) is 0 Å². The number of aliphatic hydroxyl groups is 11. The van der Waals surface area contributed by atoms with Crippen LogP contribution in [0.15, 0.2) is 12.2 Å². The Kier molecular flexibility index (Phi) is 36.8. The summed E-state index contributed by atoms with van der Waals surface area (Å²) in [6.45, 7) is 1.62. The highest BCUT2D eigenvalue weighted by molar-refractivity contribution is 5.76. The van der Waals surface area contributed by atoms with Crippen molar-refractivity contribution in [3.8, 4) is 0 Å². The number of amides is 1. The predicted octanol–water partition coefficient (Wildman–Crippen LogP) is 4.60. The van der Waals surface area contributed by atoms with Crippen LogP contribution in [0.3, 0.4) is 0 Å². The molecular weight excluding hydrogens is 975 g/mol. The van der Waals surface area contributed by atoms with E-state index in [1.54, 1.807) is 6.08 Å². The van der Waals surface area contributed by atoms with E-state index in [0.717, 1.165) is 51.4 Å². The van der Waals surface area contributed by atoms with Crippen LogP contribution in [0.25, 0.3) is 0 Å². The molecule has 0 aromatic heterocycles. The Morgan fingerprint density at radius 1 is 0.467 bits per heavy atom. The molecule has 19 heteroatoms. The van der Waals surface area contributed by atoms with Gasteiger partial charge in [0.25, 0.3) is 0 Å². The maximum atomic E-state index is 13.1. The van der Waals surface area contributed by atoms with E-state index in [2.05, 4.69) is 19.2 Å². The lowest BCUT2D eigenvalue weighted by atomic mass is 9.96. The third kappa shape index (κ3) is 25.3. The van der Waals surface area contributed by atoms with Crippen molar-refractivity contribution in [2.24, 2.45) is 0 Å². The van der Waals surface area contributed by atoms with Crippen molar-refractivity contribution in [2.45, 2.75) is 311 Å². The van der Waals surface area contributed by atoms with E-state index in [1.165, 1.54) is 128 Å². The van der Waals surface area contributed by atoms with Crippen LogP contribution in [0.2, 0.25) is 0 Å². The Morgan fingerprint density at radius 2 is 0.827 bits per heavy atom. The fourth-order valence-electron chi connectivity index (χ4n) is 10.2. The van der Waals surface area contributed by atoms with Gasteiger partial charge in [-0.15, -0.1) is 0 Å². The average Bonchev–Trinajstić information content (AvgIpc) is 3.40. The molecule has 12 N–H and O–H groups in total. The Bertz CT molecular complexity index is 1430. The minimum absolute atomic E-state index is 0.241. The quantitative estimate of drug-likeness (QED) is 0.0293. The lowest BCUT2D eigenvalue weighted by Crippen LogP contribution is -2.66. The van der Waals surface area contributed by atoms with Crippen molar-refractivity contribution in [2.75, 3.05) is 26.4 Å². The standard InChI is InChI=1S/C56H105NO18/c1-3-5-7-9-10-11-12-13-14-15-16-17-18-19-20-21-22-23-24-25-26-27-28-30-31-33-40(61)39(57-44(62)34-32-29-8-6-4-2)38-70-54-50(68)47(65)52(42(36-59)72-54)75-56-51(69)48(66)53(43(37-60)73-56)74-55-49(67)46(64)45(63)41(35-58)71-55/h31,33,39-43,45-56,58-61,63-69H,3-30,32,34-38H2,1-2H3,(H,57,62)/b33-31+. The summed E-state index contributed by atoms with van der Waals surface area (Å²) < 4.78 is 34.1. The number of nitrogens with one attached hydrogen (secondary N) is 1. The summed E-state index contributed by atoms with van der Waals surface area (Å²) in [5.74, 6) is -0.288. The summed E-state index contributed by atoms with van der Waals surface area (Å²) in [6, 6.07) is -0.964. The van der Waals surface area contributed by atoms with Crippen molar-refractivity contribution in [1.82, 2.24) is 5.32 Å². The average molecular weight is 1080 g/mol. The highest BCUT2D eigenvalue weighted by Crippen LogP contribution is 2.33.